The van der Waals surface area contributed by atoms with Gasteiger partial charge in [-0.25, -0.2) is 4.98 Å². The smallest absolute Gasteiger partial charge is 0.137 e. The molecule has 5 heteroatoms. The monoisotopic (exact) mass is 457 g/mol. The predicted molar refractivity (Wildman–Crippen MR) is 130 cm³/mol. The van der Waals surface area contributed by atoms with Gasteiger partial charge in [0.2, 0.25) is 0 Å². The number of nitrogens with one attached hydrogen (secondary N) is 1. The number of aliphatic hydroxyl groups excluding tert-OH is 2. The number of rotatable bonds is 6. The molecule has 5 rings (SSSR count). The summed E-state index contributed by atoms with van der Waals surface area (Å²) in [5.41, 5.74) is 0.662. The summed E-state index contributed by atoms with van der Waals surface area (Å²) >= 11 is 0. The number of aromatic amines is 1. The van der Waals surface area contributed by atoms with Gasteiger partial charge in [-0.05, 0) is 110 Å². The molecule has 0 bridgehead atoms. The van der Waals surface area contributed by atoms with Gasteiger partial charge in [0.25, 0.3) is 0 Å². The highest BCUT2D eigenvalue weighted by atomic mass is 16.3. The second-order valence-corrected chi connectivity index (χ2v) is 12.9. The maximum absolute atomic E-state index is 11.8. The van der Waals surface area contributed by atoms with Crippen molar-refractivity contribution >= 4 is 0 Å². The van der Waals surface area contributed by atoms with Crippen molar-refractivity contribution in [1.29, 1.82) is 0 Å². The Kier molecular flexibility index (Phi) is 6.44. The Morgan fingerprint density at radius 3 is 2.55 bits per heavy atom. The average molecular weight is 458 g/mol. The van der Waals surface area contributed by atoms with Gasteiger partial charge >= 0.3 is 0 Å². The predicted octanol–water partition coefficient (Wildman–Crippen LogP) is 5.39. The van der Waals surface area contributed by atoms with Crippen LogP contribution in [0, 0.1) is 52.3 Å². The molecule has 1 heterocycles. The van der Waals surface area contributed by atoms with E-state index >= 15 is 0 Å². The molecule has 0 aromatic carbocycles. The summed E-state index contributed by atoms with van der Waals surface area (Å²) in [6.45, 7) is 9.88. The summed E-state index contributed by atoms with van der Waals surface area (Å²) < 4.78 is 0. The third-order valence-corrected chi connectivity index (χ3v) is 11.7. The van der Waals surface area contributed by atoms with Crippen LogP contribution in [0.5, 0.6) is 0 Å². The molecular formula is C28H47N3O2. The van der Waals surface area contributed by atoms with Gasteiger partial charge in [0, 0.05) is 6.42 Å². The summed E-state index contributed by atoms with van der Waals surface area (Å²) in [6.07, 6.45) is 13.9. The summed E-state index contributed by atoms with van der Waals surface area (Å²) in [5, 5.41) is 29.3. The number of hydrogen-bond acceptors (Lipinski definition) is 4. The van der Waals surface area contributed by atoms with Crippen molar-refractivity contribution in [3.63, 3.8) is 0 Å². The highest BCUT2D eigenvalue weighted by Gasteiger charge is 2.64. The first-order chi connectivity index (χ1) is 15.8. The topological polar surface area (TPSA) is 82.0 Å². The van der Waals surface area contributed by atoms with Crippen LogP contribution in [0.25, 0.3) is 0 Å². The van der Waals surface area contributed by atoms with Crippen LogP contribution in [-0.4, -0.2) is 37.6 Å². The van der Waals surface area contributed by atoms with Crippen LogP contribution in [0.2, 0.25) is 0 Å². The van der Waals surface area contributed by atoms with E-state index in [4.69, 9.17) is 0 Å². The third kappa shape index (κ3) is 3.80. The maximum atomic E-state index is 11.8. The lowest BCUT2D eigenvalue weighted by Crippen LogP contribution is -2.62. The summed E-state index contributed by atoms with van der Waals surface area (Å²) in [6, 6.07) is 0. The molecule has 0 radical (unpaired) electrons. The number of hydrogen-bond donors (Lipinski definition) is 3. The molecule has 186 valence electrons. The largest absolute Gasteiger partial charge is 0.393 e. The Labute approximate surface area is 200 Å². The third-order valence-electron chi connectivity index (χ3n) is 11.7. The van der Waals surface area contributed by atoms with Gasteiger partial charge in [0.05, 0.1) is 12.2 Å². The molecule has 0 amide bonds. The molecule has 1 aromatic rings. The fourth-order valence-corrected chi connectivity index (χ4v) is 10.1. The number of nitrogens with zero attached hydrogens (tertiary/aromatic N) is 2. The van der Waals surface area contributed by atoms with Gasteiger partial charge in [-0.3, -0.25) is 5.10 Å². The van der Waals surface area contributed by atoms with Crippen LogP contribution in [0.1, 0.15) is 97.7 Å². The molecule has 4 saturated carbocycles. The molecule has 0 aliphatic heterocycles. The van der Waals surface area contributed by atoms with Crippen molar-refractivity contribution in [3.8, 4) is 0 Å². The molecular weight excluding hydrogens is 410 g/mol. The van der Waals surface area contributed by atoms with Crippen LogP contribution in [0.3, 0.4) is 0 Å². The fourth-order valence-electron chi connectivity index (χ4n) is 10.1. The number of fused-ring (bicyclic) bond motifs is 5. The number of aryl methyl sites for hydroxylation is 1. The molecule has 11 atom stereocenters. The number of H-pyrrole nitrogens is 1. The minimum absolute atomic E-state index is 0.164. The molecule has 4 aliphatic rings. The summed E-state index contributed by atoms with van der Waals surface area (Å²) in [5.74, 6) is 5.08. The molecule has 4 aliphatic carbocycles. The molecule has 0 saturated heterocycles. The quantitative estimate of drug-likeness (QED) is 0.535. The van der Waals surface area contributed by atoms with E-state index in [1.54, 1.807) is 6.33 Å². The van der Waals surface area contributed by atoms with Crippen molar-refractivity contribution in [2.75, 3.05) is 0 Å². The first kappa shape index (κ1) is 23.8. The van der Waals surface area contributed by atoms with E-state index in [9.17, 15) is 10.2 Å². The van der Waals surface area contributed by atoms with E-state index < -0.39 is 0 Å². The van der Waals surface area contributed by atoms with Crippen LogP contribution < -0.4 is 0 Å². The maximum Gasteiger partial charge on any atom is 0.137 e. The molecule has 0 spiro atoms. The average Bonchev–Trinajstić information content (AvgIpc) is 3.42. The Bertz CT molecular complexity index is 799. The van der Waals surface area contributed by atoms with Gasteiger partial charge < -0.3 is 10.2 Å². The minimum atomic E-state index is -0.187. The van der Waals surface area contributed by atoms with Gasteiger partial charge in [0.15, 0.2) is 0 Å². The van der Waals surface area contributed by atoms with Crippen molar-refractivity contribution in [1.82, 2.24) is 15.2 Å². The molecule has 4 fully saturated rings. The normalized spacial score (nSPS) is 48.1. The fraction of sp³-hybridized carbons (Fsp3) is 0.929. The first-order valence-electron chi connectivity index (χ1n) is 14.0. The zero-order valence-electron chi connectivity index (χ0n) is 21.3. The highest BCUT2D eigenvalue weighted by Crippen LogP contribution is 2.69. The lowest BCUT2D eigenvalue weighted by Gasteiger charge is -2.64. The van der Waals surface area contributed by atoms with Crippen molar-refractivity contribution in [3.05, 3.63) is 12.2 Å². The Morgan fingerprint density at radius 2 is 1.82 bits per heavy atom. The lowest BCUT2D eigenvalue weighted by atomic mass is 9.41. The van der Waals surface area contributed by atoms with E-state index in [0.29, 0.717) is 40.4 Å². The lowest BCUT2D eigenvalue weighted by molar-refractivity contribution is -0.203. The van der Waals surface area contributed by atoms with E-state index in [-0.39, 0.29) is 12.2 Å². The van der Waals surface area contributed by atoms with E-state index in [1.165, 1.54) is 38.5 Å². The molecule has 3 unspecified atom stereocenters. The SMILES string of the molecule is CC[C@H]1[C@@H](O)C2C3CC[C@H]([C@H](C)CCCc4ncn[nH]4)[C@@]3(C)CCC2[C@@]2(C)CC[C@@H](O)C[C@@H]12. The Morgan fingerprint density at radius 1 is 1.06 bits per heavy atom. The van der Waals surface area contributed by atoms with Crippen molar-refractivity contribution in [2.24, 2.45) is 52.3 Å². The molecule has 5 nitrogen and oxygen atoms in total. The van der Waals surface area contributed by atoms with Gasteiger partial charge in [-0.15, -0.1) is 0 Å². The summed E-state index contributed by atoms with van der Waals surface area (Å²) in [7, 11) is 0. The number of aliphatic hydroxyl groups is 2. The Balaban J connectivity index is 1.34. The zero-order chi connectivity index (χ0) is 23.4. The molecule has 33 heavy (non-hydrogen) atoms. The first-order valence-corrected chi connectivity index (χ1v) is 14.0. The molecule has 3 N–H and O–H groups in total. The van der Waals surface area contributed by atoms with E-state index in [0.717, 1.165) is 49.8 Å². The van der Waals surface area contributed by atoms with Gasteiger partial charge in [-0.1, -0.05) is 34.1 Å². The van der Waals surface area contributed by atoms with Crippen LogP contribution >= 0.6 is 0 Å². The van der Waals surface area contributed by atoms with E-state index in [2.05, 4.69) is 42.9 Å². The standard InChI is InChI=1S/C28H47N3O2/c1-5-19-23-15-18(32)11-13-28(23,4)22-12-14-27(3)20(9-10-21(27)25(22)26(19)33)17(2)7-6-8-24-29-16-30-31-24/h16-23,25-26,32-33H,5-15H2,1-4H3,(H,29,30,31)/t17-,18-,19-,20-,21?,22?,23+,25?,26-,27-,28-/m1/s1. The molecule has 1 aromatic heterocycles. The van der Waals surface area contributed by atoms with Crippen LogP contribution in [0.15, 0.2) is 6.33 Å². The second kappa shape index (κ2) is 8.93. The highest BCUT2D eigenvalue weighted by molar-refractivity contribution is 5.13. The summed E-state index contributed by atoms with van der Waals surface area (Å²) in [4.78, 5) is 4.29. The van der Waals surface area contributed by atoms with Crippen molar-refractivity contribution < 1.29 is 10.2 Å². The van der Waals surface area contributed by atoms with Crippen molar-refractivity contribution in [2.45, 2.75) is 111 Å². The zero-order valence-corrected chi connectivity index (χ0v) is 21.3. The van der Waals surface area contributed by atoms with Gasteiger partial charge in [0.1, 0.15) is 12.2 Å². The van der Waals surface area contributed by atoms with Crippen LogP contribution in [-0.2, 0) is 6.42 Å². The number of aromatic nitrogens is 3. The Hall–Kier alpha value is -0.940. The second-order valence-electron chi connectivity index (χ2n) is 12.9. The van der Waals surface area contributed by atoms with Crippen LogP contribution in [0.4, 0.5) is 0 Å². The van der Waals surface area contributed by atoms with E-state index in [1.807, 2.05) is 0 Å². The minimum Gasteiger partial charge on any atom is -0.393 e. The van der Waals surface area contributed by atoms with Gasteiger partial charge in [-0.2, -0.15) is 5.10 Å².